The highest BCUT2D eigenvalue weighted by atomic mass is 19.1. The first-order valence-corrected chi connectivity index (χ1v) is 5.02. The second kappa shape index (κ2) is 4.30. The maximum Gasteiger partial charge on any atom is 0.272 e. The molecular formula is C11H11FN2O2. The Morgan fingerprint density at radius 2 is 2.06 bits per heavy atom. The van der Waals surface area contributed by atoms with Crippen molar-refractivity contribution in [3.05, 3.63) is 46.3 Å². The average Bonchev–Trinajstić information content (AvgIpc) is 2.73. The number of nitrogens with one attached hydrogen (secondary N) is 1. The van der Waals surface area contributed by atoms with Gasteiger partial charge >= 0.3 is 0 Å². The van der Waals surface area contributed by atoms with Gasteiger partial charge in [-0.2, -0.15) is 0 Å². The van der Waals surface area contributed by atoms with Crippen LogP contribution in [0.15, 0.2) is 30.4 Å². The van der Waals surface area contributed by atoms with E-state index in [2.05, 4.69) is 5.32 Å². The molecule has 84 valence electrons. The molecule has 0 amide bonds. The molecule has 0 heterocycles. The number of nitrogens with zero attached hydrogens (tertiary/aromatic N) is 1. The van der Waals surface area contributed by atoms with Crippen LogP contribution in [-0.2, 0) is 0 Å². The minimum absolute atomic E-state index is 0.191. The molecule has 0 saturated carbocycles. The molecule has 0 radical (unpaired) electrons. The molecule has 0 saturated heterocycles. The average molecular weight is 222 g/mol. The normalized spacial score (nSPS) is 15.3. The van der Waals surface area contributed by atoms with Crippen LogP contribution in [0.4, 0.5) is 15.8 Å². The van der Waals surface area contributed by atoms with E-state index >= 15 is 0 Å². The zero-order valence-electron chi connectivity index (χ0n) is 8.52. The van der Waals surface area contributed by atoms with Gasteiger partial charge in [-0.1, -0.05) is 12.2 Å². The lowest BCUT2D eigenvalue weighted by Gasteiger charge is -2.13. The van der Waals surface area contributed by atoms with Gasteiger partial charge in [-0.15, -0.1) is 0 Å². The van der Waals surface area contributed by atoms with Gasteiger partial charge in [-0.05, 0) is 18.9 Å². The zero-order valence-corrected chi connectivity index (χ0v) is 8.52. The Labute approximate surface area is 91.9 Å². The second-order valence-corrected chi connectivity index (χ2v) is 3.71. The summed E-state index contributed by atoms with van der Waals surface area (Å²) in [6, 6.07) is 3.83. The monoisotopic (exact) mass is 222 g/mol. The number of nitro benzene ring substituents is 1. The van der Waals surface area contributed by atoms with Crippen molar-refractivity contribution in [2.75, 3.05) is 5.32 Å². The van der Waals surface area contributed by atoms with E-state index in [9.17, 15) is 14.5 Å². The summed E-state index contributed by atoms with van der Waals surface area (Å²) in [5, 5.41) is 13.4. The van der Waals surface area contributed by atoms with Crippen LogP contribution >= 0.6 is 0 Å². The van der Waals surface area contributed by atoms with Crippen LogP contribution in [0.3, 0.4) is 0 Å². The quantitative estimate of drug-likeness (QED) is 0.486. The van der Waals surface area contributed by atoms with Crippen LogP contribution < -0.4 is 5.32 Å². The molecule has 1 aliphatic carbocycles. The smallest absolute Gasteiger partial charge is 0.272 e. The fourth-order valence-electron chi connectivity index (χ4n) is 1.69. The number of hydrogen-bond donors (Lipinski definition) is 1. The molecule has 4 nitrogen and oxygen atoms in total. The van der Waals surface area contributed by atoms with Crippen molar-refractivity contribution in [3.63, 3.8) is 0 Å². The highest BCUT2D eigenvalue weighted by Gasteiger charge is 2.14. The van der Waals surface area contributed by atoms with Crippen molar-refractivity contribution < 1.29 is 9.31 Å². The Hall–Kier alpha value is -1.91. The van der Waals surface area contributed by atoms with Crippen molar-refractivity contribution in [2.24, 2.45) is 0 Å². The number of benzene rings is 1. The number of rotatable bonds is 3. The second-order valence-electron chi connectivity index (χ2n) is 3.71. The van der Waals surface area contributed by atoms with Gasteiger partial charge in [0.1, 0.15) is 0 Å². The van der Waals surface area contributed by atoms with E-state index in [0.717, 1.165) is 18.9 Å². The number of anilines is 1. The van der Waals surface area contributed by atoms with Crippen molar-refractivity contribution in [2.45, 2.75) is 18.9 Å². The highest BCUT2D eigenvalue weighted by Crippen LogP contribution is 2.23. The molecule has 1 aliphatic rings. The van der Waals surface area contributed by atoms with Gasteiger partial charge in [-0.25, -0.2) is 4.39 Å². The van der Waals surface area contributed by atoms with E-state index in [1.807, 2.05) is 12.2 Å². The van der Waals surface area contributed by atoms with E-state index in [1.54, 1.807) is 0 Å². The SMILES string of the molecule is O=[N+]([O-])c1ccc(NC2CC=CC2)c(F)c1. The number of non-ortho nitro benzene ring substituents is 1. The summed E-state index contributed by atoms with van der Waals surface area (Å²) < 4.78 is 13.5. The minimum Gasteiger partial charge on any atom is -0.379 e. The van der Waals surface area contributed by atoms with Crippen LogP contribution in [0.1, 0.15) is 12.8 Å². The molecule has 0 aliphatic heterocycles. The zero-order chi connectivity index (χ0) is 11.5. The third-order valence-corrected chi connectivity index (χ3v) is 2.53. The van der Waals surface area contributed by atoms with Gasteiger partial charge in [0.15, 0.2) is 5.82 Å². The summed E-state index contributed by atoms with van der Waals surface area (Å²) in [7, 11) is 0. The molecule has 0 spiro atoms. The highest BCUT2D eigenvalue weighted by molar-refractivity contribution is 5.51. The van der Waals surface area contributed by atoms with Crippen LogP contribution in [-0.4, -0.2) is 11.0 Å². The summed E-state index contributed by atoms with van der Waals surface area (Å²) in [6.07, 6.45) is 5.77. The molecule has 2 rings (SSSR count). The minimum atomic E-state index is -0.607. The van der Waals surface area contributed by atoms with Crippen LogP contribution in [0.2, 0.25) is 0 Å². The predicted molar refractivity (Wildman–Crippen MR) is 58.8 cm³/mol. The van der Waals surface area contributed by atoms with E-state index in [1.165, 1.54) is 12.1 Å². The third-order valence-electron chi connectivity index (χ3n) is 2.53. The van der Waals surface area contributed by atoms with Crippen LogP contribution in [0.5, 0.6) is 0 Å². The standard InChI is InChI=1S/C11H11FN2O2/c12-10-7-9(14(15)16)5-6-11(10)13-8-3-1-2-4-8/h1-2,5-8,13H,3-4H2. The Kier molecular flexibility index (Phi) is 2.85. The Bertz CT molecular complexity index is 438. The largest absolute Gasteiger partial charge is 0.379 e. The Morgan fingerprint density at radius 1 is 1.38 bits per heavy atom. The summed E-state index contributed by atoms with van der Waals surface area (Å²) in [6.45, 7) is 0. The Morgan fingerprint density at radius 3 is 2.62 bits per heavy atom. The molecule has 1 N–H and O–H groups in total. The summed E-state index contributed by atoms with van der Waals surface area (Å²) in [5.74, 6) is -0.582. The number of halogens is 1. The molecular weight excluding hydrogens is 211 g/mol. The van der Waals surface area contributed by atoms with E-state index in [0.29, 0.717) is 5.69 Å². The van der Waals surface area contributed by atoms with E-state index in [4.69, 9.17) is 0 Å². The van der Waals surface area contributed by atoms with Crippen molar-refractivity contribution >= 4 is 11.4 Å². The van der Waals surface area contributed by atoms with Gasteiger partial charge in [0.2, 0.25) is 0 Å². The first-order chi connectivity index (χ1) is 7.66. The number of hydrogen-bond acceptors (Lipinski definition) is 3. The fourth-order valence-corrected chi connectivity index (χ4v) is 1.69. The lowest BCUT2D eigenvalue weighted by molar-refractivity contribution is -0.385. The molecule has 0 fully saturated rings. The first-order valence-electron chi connectivity index (χ1n) is 5.02. The van der Waals surface area contributed by atoms with Gasteiger partial charge in [-0.3, -0.25) is 10.1 Å². The van der Waals surface area contributed by atoms with Crippen molar-refractivity contribution in [3.8, 4) is 0 Å². The number of nitro groups is 1. The van der Waals surface area contributed by atoms with Crippen LogP contribution in [0, 0.1) is 15.9 Å². The topological polar surface area (TPSA) is 55.2 Å². The first kappa shape index (κ1) is 10.6. The van der Waals surface area contributed by atoms with Crippen molar-refractivity contribution in [1.29, 1.82) is 0 Å². The molecule has 5 heteroatoms. The molecule has 0 atom stereocenters. The molecule has 0 unspecified atom stereocenters. The van der Waals surface area contributed by atoms with Crippen molar-refractivity contribution in [1.82, 2.24) is 0 Å². The fraction of sp³-hybridized carbons (Fsp3) is 0.273. The molecule has 0 aromatic heterocycles. The van der Waals surface area contributed by atoms with Gasteiger partial charge in [0.25, 0.3) is 5.69 Å². The summed E-state index contributed by atoms with van der Waals surface area (Å²) >= 11 is 0. The Balaban J connectivity index is 2.12. The lowest BCUT2D eigenvalue weighted by Crippen LogP contribution is -2.15. The van der Waals surface area contributed by atoms with Gasteiger partial charge in [0.05, 0.1) is 16.7 Å². The maximum absolute atomic E-state index is 13.5. The van der Waals surface area contributed by atoms with E-state index in [-0.39, 0.29) is 11.7 Å². The van der Waals surface area contributed by atoms with Crippen LogP contribution in [0.25, 0.3) is 0 Å². The van der Waals surface area contributed by atoms with Gasteiger partial charge < -0.3 is 5.32 Å². The third kappa shape index (κ3) is 2.18. The molecule has 0 bridgehead atoms. The summed E-state index contributed by atoms with van der Waals surface area (Å²) in [5.41, 5.74) is 0.0897. The lowest BCUT2D eigenvalue weighted by atomic mass is 10.2. The molecule has 1 aromatic carbocycles. The predicted octanol–water partition coefficient (Wildman–Crippen LogP) is 2.86. The maximum atomic E-state index is 13.5. The molecule has 16 heavy (non-hydrogen) atoms. The summed E-state index contributed by atoms with van der Waals surface area (Å²) in [4.78, 5) is 9.81. The van der Waals surface area contributed by atoms with Gasteiger partial charge in [0, 0.05) is 12.1 Å². The molecule has 1 aromatic rings. The van der Waals surface area contributed by atoms with E-state index < -0.39 is 10.7 Å².